The Hall–Kier alpha value is -2.55. The van der Waals surface area contributed by atoms with E-state index in [0.717, 1.165) is 17.7 Å². The van der Waals surface area contributed by atoms with E-state index in [1.807, 2.05) is 64.3 Å². The van der Waals surface area contributed by atoms with E-state index in [4.69, 9.17) is 10.5 Å². The van der Waals surface area contributed by atoms with E-state index in [9.17, 15) is 4.79 Å². The van der Waals surface area contributed by atoms with E-state index in [1.165, 1.54) is 6.20 Å². The number of nitrogens with zero attached hydrogens (tertiary/aromatic N) is 4. The molecule has 1 aromatic heterocycles. The Kier molecular flexibility index (Phi) is 7.86. The molecule has 152 valence electrons. The van der Waals surface area contributed by atoms with Crippen LogP contribution < -0.4 is 11.1 Å². The summed E-state index contributed by atoms with van der Waals surface area (Å²) in [5.74, 6) is -0.0679. The summed E-state index contributed by atoms with van der Waals surface area (Å²) in [5.41, 5.74) is 8.60. The molecular formula is C20H30N6O2. The number of aromatic nitrogens is 2. The van der Waals surface area contributed by atoms with Crippen LogP contribution in [0.15, 0.2) is 30.5 Å². The summed E-state index contributed by atoms with van der Waals surface area (Å²) >= 11 is 0. The zero-order valence-electron chi connectivity index (χ0n) is 17.3. The van der Waals surface area contributed by atoms with E-state index in [0.29, 0.717) is 30.3 Å². The molecule has 1 aromatic carbocycles. The molecule has 0 saturated carbocycles. The minimum Gasteiger partial charge on any atom is -0.442 e. The number of hydrogen-bond donors (Lipinski definition) is 2. The lowest BCUT2D eigenvalue weighted by molar-refractivity contribution is 0.0259. The first-order valence-corrected chi connectivity index (χ1v) is 9.21. The molecule has 1 atom stereocenters. The van der Waals surface area contributed by atoms with Crippen LogP contribution in [0.25, 0.3) is 11.3 Å². The average Bonchev–Trinajstić information content (AvgIpc) is 2.61. The van der Waals surface area contributed by atoms with Crippen molar-refractivity contribution in [2.45, 2.75) is 13.2 Å². The quantitative estimate of drug-likeness (QED) is 0.493. The molecule has 8 nitrogen and oxygen atoms in total. The average molecular weight is 387 g/mol. The van der Waals surface area contributed by atoms with Gasteiger partial charge in [-0.2, -0.15) is 0 Å². The molecule has 0 amide bonds. The lowest BCUT2D eigenvalue weighted by Crippen LogP contribution is -2.37. The molecule has 2 rings (SSSR count). The molecule has 8 heteroatoms. The normalized spacial score (nSPS) is 12.3. The minimum atomic E-state index is -0.731. The van der Waals surface area contributed by atoms with Crippen LogP contribution in [0.4, 0.5) is 5.95 Å². The molecule has 1 heterocycles. The highest BCUT2D eigenvalue weighted by Gasteiger charge is 2.21. The van der Waals surface area contributed by atoms with Crippen molar-refractivity contribution in [1.82, 2.24) is 19.8 Å². The summed E-state index contributed by atoms with van der Waals surface area (Å²) in [4.78, 5) is 25.5. The predicted octanol–water partition coefficient (Wildman–Crippen LogP) is 1.43. The first-order chi connectivity index (χ1) is 13.3. The molecule has 1 unspecified atom stereocenters. The number of nitrogens with one attached hydrogen (secondary N) is 1. The molecular weight excluding hydrogens is 356 g/mol. The molecule has 0 aliphatic heterocycles. The molecule has 0 saturated heterocycles. The van der Waals surface area contributed by atoms with Gasteiger partial charge in [-0.05, 0) is 40.7 Å². The third-order valence-corrected chi connectivity index (χ3v) is 4.05. The van der Waals surface area contributed by atoms with Crippen molar-refractivity contribution in [3.05, 3.63) is 41.6 Å². The highest BCUT2D eigenvalue weighted by Crippen LogP contribution is 2.26. The van der Waals surface area contributed by atoms with Gasteiger partial charge < -0.3 is 19.9 Å². The number of ether oxygens (including phenoxy) is 1. The zero-order chi connectivity index (χ0) is 20.7. The first-order valence-electron chi connectivity index (χ1n) is 9.21. The van der Waals surface area contributed by atoms with E-state index in [2.05, 4.69) is 20.2 Å². The predicted molar refractivity (Wildman–Crippen MR) is 111 cm³/mol. The van der Waals surface area contributed by atoms with Crippen LogP contribution in [0, 0.1) is 6.92 Å². The van der Waals surface area contributed by atoms with Gasteiger partial charge in [0.1, 0.15) is 5.56 Å². The zero-order valence-corrected chi connectivity index (χ0v) is 17.3. The number of nitrogens with two attached hydrogens (primary N) is 1. The number of hydrogen-bond acceptors (Lipinski definition) is 8. The van der Waals surface area contributed by atoms with Crippen LogP contribution >= 0.6 is 0 Å². The van der Waals surface area contributed by atoms with Gasteiger partial charge in [0, 0.05) is 31.4 Å². The Morgan fingerprint density at radius 1 is 1.21 bits per heavy atom. The third-order valence-electron chi connectivity index (χ3n) is 4.05. The second kappa shape index (κ2) is 10.1. The van der Waals surface area contributed by atoms with Crippen LogP contribution in [0.2, 0.25) is 0 Å². The molecule has 0 aliphatic rings. The van der Waals surface area contributed by atoms with E-state index in [-0.39, 0.29) is 0 Å². The Labute approximate surface area is 166 Å². The SMILES string of the molecule is Cc1ccccc1-c1nc(NCCN(C)C)ncc1C(=O)OC(N)CN(C)C. The van der Waals surface area contributed by atoms with Gasteiger partial charge in [-0.3, -0.25) is 5.73 Å². The van der Waals surface area contributed by atoms with Crippen molar-refractivity contribution in [1.29, 1.82) is 0 Å². The van der Waals surface area contributed by atoms with Crippen LogP contribution in [0.5, 0.6) is 0 Å². The number of likely N-dealkylation sites (N-methyl/N-ethyl adjacent to an activating group) is 2. The molecule has 0 aliphatic carbocycles. The van der Waals surface area contributed by atoms with Crippen LogP contribution in [0.1, 0.15) is 15.9 Å². The van der Waals surface area contributed by atoms with Gasteiger partial charge in [0.2, 0.25) is 5.95 Å². The summed E-state index contributed by atoms with van der Waals surface area (Å²) in [7, 11) is 7.72. The third kappa shape index (κ3) is 6.26. The summed E-state index contributed by atoms with van der Waals surface area (Å²) < 4.78 is 5.39. The first kappa shape index (κ1) is 21.7. The van der Waals surface area contributed by atoms with Crippen molar-refractivity contribution < 1.29 is 9.53 Å². The summed E-state index contributed by atoms with van der Waals surface area (Å²) in [5, 5.41) is 3.19. The topological polar surface area (TPSA) is 96.6 Å². The Balaban J connectivity index is 2.33. The molecule has 3 N–H and O–H groups in total. The second-order valence-corrected chi connectivity index (χ2v) is 7.21. The lowest BCUT2D eigenvalue weighted by atomic mass is 10.0. The monoisotopic (exact) mass is 386 g/mol. The lowest BCUT2D eigenvalue weighted by Gasteiger charge is -2.18. The Morgan fingerprint density at radius 3 is 2.57 bits per heavy atom. The number of aryl methyl sites for hydroxylation is 1. The van der Waals surface area contributed by atoms with Crippen LogP contribution in [0.3, 0.4) is 0 Å². The summed E-state index contributed by atoms with van der Waals surface area (Å²) in [6.45, 7) is 3.93. The van der Waals surface area contributed by atoms with Gasteiger partial charge in [0.25, 0.3) is 0 Å². The highest BCUT2D eigenvalue weighted by molar-refractivity contribution is 5.96. The Bertz CT molecular complexity index is 794. The fourth-order valence-electron chi connectivity index (χ4n) is 2.65. The van der Waals surface area contributed by atoms with Gasteiger partial charge in [-0.15, -0.1) is 0 Å². The van der Waals surface area contributed by atoms with Crippen LogP contribution in [-0.4, -0.2) is 79.8 Å². The van der Waals surface area contributed by atoms with Gasteiger partial charge in [-0.1, -0.05) is 24.3 Å². The van der Waals surface area contributed by atoms with E-state index < -0.39 is 12.2 Å². The number of anilines is 1. The number of carbonyl (C=O) groups excluding carboxylic acids is 1. The van der Waals surface area contributed by atoms with Crippen molar-refractivity contribution in [2.24, 2.45) is 5.73 Å². The standard InChI is InChI=1S/C20H30N6O2/c1-14-8-6-7-9-15(14)18-16(19(27)28-17(21)13-26(4)5)12-23-20(24-18)22-10-11-25(2)3/h6-9,12,17H,10-11,13,21H2,1-5H3,(H,22,23,24). The minimum absolute atomic E-state index is 0.293. The van der Waals surface area contributed by atoms with Crippen molar-refractivity contribution in [3.63, 3.8) is 0 Å². The van der Waals surface area contributed by atoms with Crippen molar-refractivity contribution in [2.75, 3.05) is 53.1 Å². The maximum Gasteiger partial charge on any atom is 0.343 e. The van der Waals surface area contributed by atoms with Gasteiger partial charge in [0.05, 0.1) is 5.69 Å². The molecule has 28 heavy (non-hydrogen) atoms. The van der Waals surface area contributed by atoms with Gasteiger partial charge in [0.15, 0.2) is 6.23 Å². The van der Waals surface area contributed by atoms with Crippen LogP contribution in [-0.2, 0) is 4.74 Å². The molecule has 0 bridgehead atoms. The maximum absolute atomic E-state index is 12.7. The maximum atomic E-state index is 12.7. The second-order valence-electron chi connectivity index (χ2n) is 7.21. The van der Waals surface area contributed by atoms with E-state index >= 15 is 0 Å². The number of carbonyl (C=O) groups is 1. The number of benzene rings is 1. The highest BCUT2D eigenvalue weighted by atomic mass is 16.6. The Morgan fingerprint density at radius 2 is 1.93 bits per heavy atom. The smallest absolute Gasteiger partial charge is 0.343 e. The largest absolute Gasteiger partial charge is 0.442 e. The summed E-state index contributed by atoms with van der Waals surface area (Å²) in [6, 6.07) is 7.76. The number of esters is 1. The van der Waals surface area contributed by atoms with Crippen molar-refractivity contribution in [3.8, 4) is 11.3 Å². The van der Waals surface area contributed by atoms with Gasteiger partial charge >= 0.3 is 5.97 Å². The molecule has 0 spiro atoms. The molecule has 0 radical (unpaired) electrons. The van der Waals surface area contributed by atoms with Crippen molar-refractivity contribution >= 4 is 11.9 Å². The fraction of sp³-hybridized carbons (Fsp3) is 0.450. The number of rotatable bonds is 9. The van der Waals surface area contributed by atoms with Gasteiger partial charge in [-0.25, -0.2) is 14.8 Å². The fourth-order valence-corrected chi connectivity index (χ4v) is 2.65. The molecule has 0 fully saturated rings. The summed E-state index contributed by atoms with van der Waals surface area (Å²) in [6.07, 6.45) is 0.766. The van der Waals surface area contributed by atoms with E-state index in [1.54, 1.807) is 0 Å². The molecule has 2 aromatic rings.